The van der Waals surface area contributed by atoms with Crippen molar-refractivity contribution in [2.75, 3.05) is 52.7 Å². The van der Waals surface area contributed by atoms with Gasteiger partial charge in [0.15, 0.2) is 17.5 Å². The predicted molar refractivity (Wildman–Crippen MR) is 228 cm³/mol. The molecule has 0 aromatic rings. The van der Waals surface area contributed by atoms with E-state index in [0.29, 0.717) is 70.2 Å². The fourth-order valence-electron chi connectivity index (χ4n) is 7.21. The third kappa shape index (κ3) is 24.4. The van der Waals surface area contributed by atoms with Crippen molar-refractivity contribution >= 4 is 58.9 Å². The number of fused-ring (bicyclic) bond motifs is 1. The minimum atomic E-state index is -1.61. The number of carboxylic acids is 2. The zero-order chi connectivity index (χ0) is 47.3. The summed E-state index contributed by atoms with van der Waals surface area (Å²) in [6.45, 7) is 1.29. The number of nitrogens with two attached hydrogens (primary N) is 2. The SMILES string of the molecule is NC(N)=NCCCC(NC(=O)CCC(=O)CCCC(=O)CCCOCCOCCNC(=O)OCC1C2CCC#CCCC21)C(=O)CCC(=O)NC(CC(=O)O)C(=O)CC(CO)C(=O)O. The number of alkyl carbamates (subject to hydrolysis) is 1. The molecule has 0 bridgehead atoms. The molecular formula is C43H66N6O15. The number of ether oxygens (including phenoxy) is 3. The van der Waals surface area contributed by atoms with Crippen LogP contribution >= 0.6 is 0 Å². The summed E-state index contributed by atoms with van der Waals surface area (Å²) in [6, 6.07) is -2.70. The first kappa shape index (κ1) is 54.7. The Labute approximate surface area is 372 Å². The summed E-state index contributed by atoms with van der Waals surface area (Å²) in [7, 11) is 0. The lowest BCUT2D eigenvalue weighted by atomic mass is 9.97. The van der Waals surface area contributed by atoms with Gasteiger partial charge in [0.2, 0.25) is 11.8 Å². The van der Waals surface area contributed by atoms with E-state index in [1.807, 2.05) is 0 Å². The molecule has 0 aliphatic heterocycles. The Bertz CT molecular complexity index is 1660. The Kier molecular flexibility index (Phi) is 26.8. The van der Waals surface area contributed by atoms with Crippen molar-refractivity contribution in [3.8, 4) is 11.8 Å². The van der Waals surface area contributed by atoms with Gasteiger partial charge in [-0.3, -0.25) is 43.3 Å². The van der Waals surface area contributed by atoms with Crippen LogP contribution < -0.4 is 27.4 Å². The Morgan fingerprint density at radius 3 is 1.89 bits per heavy atom. The molecule has 0 heterocycles. The Morgan fingerprint density at radius 1 is 0.688 bits per heavy atom. The monoisotopic (exact) mass is 906 g/mol. The average molecular weight is 907 g/mol. The molecule has 64 heavy (non-hydrogen) atoms. The number of ketones is 4. The molecule has 2 aliphatic carbocycles. The molecular weight excluding hydrogens is 840 g/mol. The average Bonchev–Trinajstić information content (AvgIpc) is 3.89. The summed E-state index contributed by atoms with van der Waals surface area (Å²) in [6.07, 6.45) is 2.31. The number of aliphatic imine (C=N–C) groups is 1. The number of aliphatic hydroxyl groups excluding tert-OH is 1. The molecule has 0 aromatic carbocycles. The predicted octanol–water partition coefficient (Wildman–Crippen LogP) is 0.554. The molecule has 21 nitrogen and oxygen atoms in total. The number of Topliss-reactive ketones (excluding diaryl/α,β-unsaturated/α-hetero) is 4. The second-order valence-electron chi connectivity index (χ2n) is 15.8. The van der Waals surface area contributed by atoms with E-state index in [0.717, 1.165) is 25.7 Å². The van der Waals surface area contributed by atoms with Crippen LogP contribution in [0.25, 0.3) is 0 Å². The van der Waals surface area contributed by atoms with E-state index in [-0.39, 0.29) is 69.0 Å². The Morgan fingerprint density at radius 2 is 1.28 bits per heavy atom. The van der Waals surface area contributed by atoms with E-state index in [1.54, 1.807) is 0 Å². The Hall–Kier alpha value is -5.46. The molecule has 0 radical (unpaired) electrons. The van der Waals surface area contributed by atoms with Gasteiger partial charge in [0.25, 0.3) is 0 Å². The number of amides is 3. The highest BCUT2D eigenvalue weighted by Gasteiger charge is 2.49. The number of aliphatic hydroxyl groups is 1. The zero-order valence-corrected chi connectivity index (χ0v) is 36.5. The lowest BCUT2D eigenvalue weighted by molar-refractivity contribution is -0.146. The zero-order valence-electron chi connectivity index (χ0n) is 36.5. The maximum absolute atomic E-state index is 13.1. The van der Waals surface area contributed by atoms with Gasteiger partial charge < -0.3 is 56.9 Å². The number of carbonyl (C=O) groups is 9. The fraction of sp³-hybridized carbons (Fsp3) is 0.721. The maximum Gasteiger partial charge on any atom is 0.407 e. The van der Waals surface area contributed by atoms with Gasteiger partial charge in [-0.2, -0.15) is 0 Å². The highest BCUT2D eigenvalue weighted by molar-refractivity contribution is 5.96. The molecule has 3 amide bonds. The number of nitrogens with zero attached hydrogens (tertiary/aromatic N) is 1. The number of nitrogens with one attached hydrogen (secondary N) is 3. The molecule has 0 saturated heterocycles. The first-order valence-corrected chi connectivity index (χ1v) is 21.9. The second kappa shape index (κ2) is 31.4. The summed E-state index contributed by atoms with van der Waals surface area (Å²) in [5.74, 6) is 0.110. The van der Waals surface area contributed by atoms with Crippen molar-refractivity contribution in [1.29, 1.82) is 0 Å². The van der Waals surface area contributed by atoms with Crippen molar-refractivity contribution < 1.29 is 72.7 Å². The largest absolute Gasteiger partial charge is 0.481 e. The normalized spacial score (nSPS) is 17.5. The number of carbonyl (C=O) groups excluding carboxylic acids is 7. The van der Waals surface area contributed by atoms with Crippen molar-refractivity contribution in [2.45, 2.75) is 121 Å². The van der Waals surface area contributed by atoms with Gasteiger partial charge in [-0.05, 0) is 56.3 Å². The van der Waals surface area contributed by atoms with E-state index in [9.17, 15) is 53.4 Å². The quantitative estimate of drug-likeness (QED) is 0.0184. The van der Waals surface area contributed by atoms with Crippen molar-refractivity contribution in [2.24, 2.45) is 40.1 Å². The highest BCUT2D eigenvalue weighted by Crippen LogP contribution is 2.52. The van der Waals surface area contributed by atoms with Gasteiger partial charge in [-0.15, -0.1) is 11.8 Å². The van der Waals surface area contributed by atoms with E-state index in [1.165, 1.54) is 0 Å². The van der Waals surface area contributed by atoms with Crippen molar-refractivity contribution in [3.63, 3.8) is 0 Å². The van der Waals surface area contributed by atoms with Crippen LogP contribution in [-0.4, -0.2) is 139 Å². The second-order valence-corrected chi connectivity index (χ2v) is 15.8. The molecule has 21 heteroatoms. The van der Waals surface area contributed by atoms with Crippen LogP contribution in [0.5, 0.6) is 0 Å². The lowest BCUT2D eigenvalue weighted by Crippen LogP contribution is -2.44. The third-order valence-corrected chi connectivity index (χ3v) is 10.8. The van der Waals surface area contributed by atoms with E-state index in [2.05, 4.69) is 32.8 Å². The number of aliphatic carboxylic acids is 2. The number of hydrogen-bond acceptors (Lipinski definition) is 14. The minimum absolute atomic E-state index is 0.0305. The van der Waals surface area contributed by atoms with Crippen LogP contribution in [0.4, 0.5) is 4.79 Å². The maximum atomic E-state index is 13.1. The van der Waals surface area contributed by atoms with Gasteiger partial charge in [0.1, 0.15) is 11.6 Å². The first-order valence-electron chi connectivity index (χ1n) is 21.9. The molecule has 1 saturated carbocycles. The summed E-state index contributed by atoms with van der Waals surface area (Å²) in [4.78, 5) is 114. The van der Waals surface area contributed by atoms with E-state index < -0.39 is 91.7 Å². The molecule has 0 aromatic heterocycles. The molecule has 2 aliphatic rings. The Balaban J connectivity index is 1.59. The molecule has 358 valence electrons. The van der Waals surface area contributed by atoms with Crippen LogP contribution in [-0.2, 0) is 52.6 Å². The minimum Gasteiger partial charge on any atom is -0.481 e. The summed E-state index contributed by atoms with van der Waals surface area (Å²) in [5, 5.41) is 34.9. The van der Waals surface area contributed by atoms with E-state index >= 15 is 0 Å². The van der Waals surface area contributed by atoms with Gasteiger partial charge >= 0.3 is 18.0 Å². The topological polar surface area (TPSA) is 342 Å². The van der Waals surface area contributed by atoms with Crippen molar-refractivity contribution in [3.05, 3.63) is 0 Å². The number of carboxylic acid groups (broad SMARTS) is 2. The summed E-state index contributed by atoms with van der Waals surface area (Å²) < 4.78 is 16.3. The summed E-state index contributed by atoms with van der Waals surface area (Å²) >= 11 is 0. The van der Waals surface area contributed by atoms with Crippen LogP contribution in [0.15, 0.2) is 4.99 Å². The van der Waals surface area contributed by atoms with Crippen LogP contribution in [0.3, 0.4) is 0 Å². The molecule has 5 atom stereocenters. The standard InChI is InChI=1S/C43H66N6O15/c44-42(45)46-18-6-13-34(36(53)15-17-39(56)49-35(25-40(57)58)37(54)24-28(26-50)41(59)60)48-38(55)16-14-30(52)9-5-8-29(51)10-7-20-62-22-23-63-21-19-47-43(61)64-27-33-31-11-3-1-2-4-12-32(31)33/h28,31-35,50H,3-27H2,(H,47,61)(H,48,55)(H,49,56)(H,57,58)(H,59,60)(H4,44,45,46). The van der Waals surface area contributed by atoms with Gasteiger partial charge in [-0.25, -0.2) is 4.79 Å². The molecule has 2 rings (SSSR count). The van der Waals surface area contributed by atoms with Crippen LogP contribution in [0, 0.1) is 35.5 Å². The number of hydrogen-bond donors (Lipinski definition) is 8. The third-order valence-electron chi connectivity index (χ3n) is 10.8. The van der Waals surface area contributed by atoms with E-state index in [4.69, 9.17) is 30.8 Å². The fourth-order valence-corrected chi connectivity index (χ4v) is 7.21. The van der Waals surface area contributed by atoms with Crippen LogP contribution in [0.2, 0.25) is 0 Å². The molecule has 1 fully saturated rings. The van der Waals surface area contributed by atoms with Gasteiger partial charge in [-0.1, -0.05) is 0 Å². The van der Waals surface area contributed by atoms with Gasteiger partial charge in [0, 0.05) is 83.9 Å². The summed E-state index contributed by atoms with van der Waals surface area (Å²) in [5.41, 5.74) is 10.7. The molecule has 5 unspecified atom stereocenters. The first-order chi connectivity index (χ1) is 30.6. The van der Waals surface area contributed by atoms with Crippen molar-refractivity contribution in [1.82, 2.24) is 16.0 Å². The number of rotatable bonds is 36. The smallest absolute Gasteiger partial charge is 0.407 e. The molecule has 0 spiro atoms. The van der Waals surface area contributed by atoms with Gasteiger partial charge in [0.05, 0.1) is 57.5 Å². The lowest BCUT2D eigenvalue weighted by Gasteiger charge is -2.19. The number of guanidine groups is 1. The molecule has 10 N–H and O–H groups in total. The highest BCUT2D eigenvalue weighted by atomic mass is 16.6. The van der Waals surface area contributed by atoms with Crippen LogP contribution in [0.1, 0.15) is 109 Å².